The SMILES string of the molecule is CC1=C(C)C(C)=C1C.[Ni+2]. The first-order valence-electron chi connectivity index (χ1n) is 3.00. The summed E-state index contributed by atoms with van der Waals surface area (Å²) in [7, 11) is 0. The molecule has 0 aliphatic heterocycles. The van der Waals surface area contributed by atoms with Gasteiger partial charge < -0.3 is 0 Å². The van der Waals surface area contributed by atoms with Crippen LogP contribution in [0.15, 0.2) is 22.3 Å². The molecule has 1 rings (SSSR count). The van der Waals surface area contributed by atoms with Crippen LogP contribution >= 0.6 is 0 Å². The van der Waals surface area contributed by atoms with Gasteiger partial charge in [0.1, 0.15) is 0 Å². The maximum Gasteiger partial charge on any atom is 2.00 e. The van der Waals surface area contributed by atoms with Gasteiger partial charge in [-0.3, -0.25) is 0 Å². The smallest absolute Gasteiger partial charge is 0.0447 e. The largest absolute Gasteiger partial charge is 2.00 e. The summed E-state index contributed by atoms with van der Waals surface area (Å²) in [6, 6.07) is 0. The molecular weight excluding hydrogens is 155 g/mol. The Morgan fingerprint density at radius 3 is 0.778 bits per heavy atom. The fourth-order valence-electron chi connectivity index (χ4n) is 1.06. The van der Waals surface area contributed by atoms with Gasteiger partial charge in [0.2, 0.25) is 0 Å². The van der Waals surface area contributed by atoms with Crippen LogP contribution in [0.25, 0.3) is 0 Å². The molecule has 52 valence electrons. The Labute approximate surface area is 67.0 Å². The molecule has 0 N–H and O–H groups in total. The summed E-state index contributed by atoms with van der Waals surface area (Å²) in [5.74, 6) is 0. The third kappa shape index (κ3) is 1.12. The van der Waals surface area contributed by atoms with E-state index in [-0.39, 0.29) is 16.5 Å². The van der Waals surface area contributed by atoms with Crippen molar-refractivity contribution >= 4 is 0 Å². The summed E-state index contributed by atoms with van der Waals surface area (Å²) >= 11 is 0. The molecule has 0 nitrogen and oxygen atoms in total. The van der Waals surface area contributed by atoms with Crippen LogP contribution in [0.3, 0.4) is 0 Å². The maximum atomic E-state index is 2.18. The molecule has 0 aromatic carbocycles. The maximum absolute atomic E-state index is 2.18. The fourth-order valence-corrected chi connectivity index (χ4v) is 1.06. The Morgan fingerprint density at radius 1 is 0.556 bits per heavy atom. The van der Waals surface area contributed by atoms with Gasteiger partial charge in [0.15, 0.2) is 0 Å². The van der Waals surface area contributed by atoms with Crippen LogP contribution in [0.1, 0.15) is 27.7 Å². The summed E-state index contributed by atoms with van der Waals surface area (Å²) < 4.78 is 0. The van der Waals surface area contributed by atoms with E-state index in [0.29, 0.717) is 0 Å². The van der Waals surface area contributed by atoms with Crippen LogP contribution in [0.5, 0.6) is 0 Å². The minimum atomic E-state index is 0. The first-order chi connectivity index (χ1) is 3.64. The van der Waals surface area contributed by atoms with E-state index in [1.807, 2.05) is 0 Å². The van der Waals surface area contributed by atoms with E-state index in [1.165, 1.54) is 22.3 Å². The topological polar surface area (TPSA) is 0 Å². The van der Waals surface area contributed by atoms with Crippen molar-refractivity contribution in [2.24, 2.45) is 0 Å². The summed E-state index contributed by atoms with van der Waals surface area (Å²) in [4.78, 5) is 0. The summed E-state index contributed by atoms with van der Waals surface area (Å²) in [5.41, 5.74) is 5.95. The average Bonchev–Trinajstić information content (AvgIpc) is 1.83. The molecule has 1 aliphatic carbocycles. The van der Waals surface area contributed by atoms with Gasteiger partial charge in [-0.15, -0.1) is 0 Å². The molecule has 1 aliphatic rings. The number of allylic oxidation sites excluding steroid dienone is 4. The molecule has 0 atom stereocenters. The van der Waals surface area contributed by atoms with E-state index in [0.717, 1.165) is 0 Å². The molecule has 1 heteroatoms. The molecule has 0 fully saturated rings. The van der Waals surface area contributed by atoms with Crippen LogP contribution in [-0.4, -0.2) is 0 Å². The number of rotatable bonds is 0. The number of hydrogen-bond donors (Lipinski definition) is 0. The fraction of sp³-hybridized carbons (Fsp3) is 0.500. The van der Waals surface area contributed by atoms with E-state index in [1.54, 1.807) is 0 Å². The van der Waals surface area contributed by atoms with Crippen LogP contribution in [0.2, 0.25) is 0 Å². The zero-order valence-corrected chi connectivity index (χ0v) is 7.30. The van der Waals surface area contributed by atoms with Crippen molar-refractivity contribution in [1.29, 1.82) is 0 Å². The standard InChI is InChI=1S/C8H12.Ni/c1-5-6(2)8(4)7(5)3;/h1-4H3;/q;+2. The molecule has 0 heterocycles. The Kier molecular flexibility index (Phi) is 2.70. The molecule has 0 spiro atoms. The van der Waals surface area contributed by atoms with Gasteiger partial charge in [0, 0.05) is 0 Å². The second kappa shape index (κ2) is 2.70. The Balaban J connectivity index is 0.000000640. The molecule has 0 saturated carbocycles. The monoisotopic (exact) mass is 166 g/mol. The molecule has 0 bridgehead atoms. The van der Waals surface area contributed by atoms with Crippen molar-refractivity contribution < 1.29 is 16.5 Å². The molecule has 0 unspecified atom stereocenters. The Hall–Kier alpha value is -0.0265. The molecule has 0 radical (unpaired) electrons. The van der Waals surface area contributed by atoms with E-state index >= 15 is 0 Å². The van der Waals surface area contributed by atoms with Crippen molar-refractivity contribution in [3.63, 3.8) is 0 Å². The zero-order valence-electron chi connectivity index (χ0n) is 6.32. The van der Waals surface area contributed by atoms with Gasteiger partial charge in [0.05, 0.1) is 0 Å². The second-order valence-corrected chi connectivity index (χ2v) is 2.50. The first-order valence-corrected chi connectivity index (χ1v) is 3.00. The molecule has 9 heavy (non-hydrogen) atoms. The van der Waals surface area contributed by atoms with Crippen molar-refractivity contribution in [3.05, 3.63) is 22.3 Å². The van der Waals surface area contributed by atoms with Crippen LogP contribution in [0, 0.1) is 0 Å². The van der Waals surface area contributed by atoms with Gasteiger partial charge >= 0.3 is 16.5 Å². The molecule has 0 aromatic rings. The predicted molar refractivity (Wildman–Crippen MR) is 36.7 cm³/mol. The molecule has 0 saturated heterocycles. The minimum absolute atomic E-state index is 0. The van der Waals surface area contributed by atoms with Crippen molar-refractivity contribution in [2.45, 2.75) is 27.7 Å². The van der Waals surface area contributed by atoms with Gasteiger partial charge in [-0.05, 0) is 50.0 Å². The minimum Gasteiger partial charge on any atom is -0.0447 e. The Bertz CT molecular complexity index is 132. The van der Waals surface area contributed by atoms with Crippen molar-refractivity contribution in [1.82, 2.24) is 0 Å². The van der Waals surface area contributed by atoms with Gasteiger partial charge in [-0.25, -0.2) is 0 Å². The predicted octanol–water partition coefficient (Wildman–Crippen LogP) is 2.67. The molecule has 0 amide bonds. The summed E-state index contributed by atoms with van der Waals surface area (Å²) in [6.45, 7) is 8.71. The van der Waals surface area contributed by atoms with E-state index < -0.39 is 0 Å². The average molecular weight is 167 g/mol. The van der Waals surface area contributed by atoms with E-state index in [9.17, 15) is 0 Å². The molecular formula is C8H12Ni+2. The number of hydrogen-bond acceptors (Lipinski definition) is 0. The third-order valence-corrected chi connectivity index (χ3v) is 2.25. The van der Waals surface area contributed by atoms with Gasteiger partial charge in [0.25, 0.3) is 0 Å². The first kappa shape index (κ1) is 8.97. The van der Waals surface area contributed by atoms with Crippen LogP contribution < -0.4 is 0 Å². The van der Waals surface area contributed by atoms with E-state index in [4.69, 9.17) is 0 Å². The zero-order chi connectivity index (χ0) is 6.31. The van der Waals surface area contributed by atoms with Crippen molar-refractivity contribution in [2.75, 3.05) is 0 Å². The second-order valence-electron chi connectivity index (χ2n) is 2.50. The van der Waals surface area contributed by atoms with Gasteiger partial charge in [-0.1, -0.05) is 0 Å². The van der Waals surface area contributed by atoms with Crippen LogP contribution in [0.4, 0.5) is 0 Å². The third-order valence-electron chi connectivity index (χ3n) is 2.25. The summed E-state index contributed by atoms with van der Waals surface area (Å²) in [5, 5.41) is 0. The summed E-state index contributed by atoms with van der Waals surface area (Å²) in [6.07, 6.45) is 0. The van der Waals surface area contributed by atoms with Crippen molar-refractivity contribution in [3.8, 4) is 0 Å². The molecule has 0 aromatic heterocycles. The van der Waals surface area contributed by atoms with E-state index in [2.05, 4.69) is 27.7 Å². The quantitative estimate of drug-likeness (QED) is 0.486. The Morgan fingerprint density at radius 2 is 0.667 bits per heavy atom. The normalized spacial score (nSPS) is 17.3. The van der Waals surface area contributed by atoms with Crippen LogP contribution in [-0.2, 0) is 16.5 Å². The van der Waals surface area contributed by atoms with Gasteiger partial charge in [-0.2, -0.15) is 0 Å².